The summed E-state index contributed by atoms with van der Waals surface area (Å²) in [5.74, 6) is 1.61. The SMILES string of the molecule is COC(=O)c1ccc2c(c1)CN(CCCSc1nnc(-c3ccccc3)n1C)CC2. The lowest BCUT2D eigenvalue weighted by molar-refractivity contribution is 0.0600. The summed E-state index contributed by atoms with van der Waals surface area (Å²) < 4.78 is 6.91. The third-order valence-electron chi connectivity index (χ3n) is 5.44. The first-order valence-electron chi connectivity index (χ1n) is 10.2. The minimum absolute atomic E-state index is 0.273. The summed E-state index contributed by atoms with van der Waals surface area (Å²) in [6, 6.07) is 16.0. The van der Waals surface area contributed by atoms with E-state index in [0.717, 1.165) is 54.8 Å². The summed E-state index contributed by atoms with van der Waals surface area (Å²) in [4.78, 5) is 14.2. The normalized spacial score (nSPS) is 13.8. The van der Waals surface area contributed by atoms with Crippen molar-refractivity contribution in [2.45, 2.75) is 24.5 Å². The quantitative estimate of drug-likeness (QED) is 0.328. The zero-order valence-electron chi connectivity index (χ0n) is 17.4. The zero-order valence-corrected chi connectivity index (χ0v) is 18.2. The Hall–Kier alpha value is -2.64. The van der Waals surface area contributed by atoms with Crippen molar-refractivity contribution < 1.29 is 9.53 Å². The van der Waals surface area contributed by atoms with Gasteiger partial charge in [0.2, 0.25) is 0 Å². The number of nitrogens with zero attached hydrogens (tertiary/aromatic N) is 4. The summed E-state index contributed by atoms with van der Waals surface area (Å²) in [5.41, 5.74) is 4.28. The molecule has 4 rings (SSSR count). The van der Waals surface area contributed by atoms with Crippen molar-refractivity contribution in [1.29, 1.82) is 0 Å². The zero-order chi connectivity index (χ0) is 20.9. The molecule has 7 heteroatoms. The molecule has 1 aromatic heterocycles. The van der Waals surface area contributed by atoms with Gasteiger partial charge in [0, 0.05) is 31.5 Å². The number of carbonyl (C=O) groups is 1. The maximum Gasteiger partial charge on any atom is 0.337 e. The van der Waals surface area contributed by atoms with E-state index in [-0.39, 0.29) is 5.97 Å². The molecule has 0 aliphatic carbocycles. The van der Waals surface area contributed by atoms with Gasteiger partial charge in [-0.15, -0.1) is 10.2 Å². The molecular formula is C23H26N4O2S. The van der Waals surface area contributed by atoms with Crippen LogP contribution in [0.1, 0.15) is 27.9 Å². The molecule has 0 fully saturated rings. The van der Waals surface area contributed by atoms with E-state index in [9.17, 15) is 4.79 Å². The molecule has 2 aromatic carbocycles. The number of rotatable bonds is 7. The Morgan fingerprint density at radius 3 is 2.77 bits per heavy atom. The molecule has 156 valence electrons. The molecule has 0 radical (unpaired) electrons. The van der Waals surface area contributed by atoms with Crippen LogP contribution < -0.4 is 0 Å². The Morgan fingerprint density at radius 2 is 1.97 bits per heavy atom. The van der Waals surface area contributed by atoms with Crippen LogP contribution in [0.5, 0.6) is 0 Å². The number of benzene rings is 2. The smallest absolute Gasteiger partial charge is 0.337 e. The summed E-state index contributed by atoms with van der Waals surface area (Å²) in [6.07, 6.45) is 2.10. The number of ether oxygens (including phenoxy) is 1. The van der Waals surface area contributed by atoms with Crippen molar-refractivity contribution in [3.8, 4) is 11.4 Å². The fourth-order valence-electron chi connectivity index (χ4n) is 3.78. The number of methoxy groups -OCH3 is 1. The van der Waals surface area contributed by atoms with Gasteiger partial charge in [0.1, 0.15) is 0 Å². The molecule has 1 aliphatic rings. The van der Waals surface area contributed by atoms with Gasteiger partial charge in [0.15, 0.2) is 11.0 Å². The molecule has 1 aliphatic heterocycles. The van der Waals surface area contributed by atoms with Gasteiger partial charge in [-0.1, -0.05) is 48.2 Å². The Morgan fingerprint density at radius 1 is 1.13 bits per heavy atom. The van der Waals surface area contributed by atoms with Gasteiger partial charge in [-0.25, -0.2) is 4.79 Å². The third kappa shape index (κ3) is 4.57. The monoisotopic (exact) mass is 422 g/mol. The summed E-state index contributed by atoms with van der Waals surface area (Å²) in [5, 5.41) is 9.66. The molecule has 30 heavy (non-hydrogen) atoms. The van der Waals surface area contributed by atoms with Crippen LogP contribution in [0, 0.1) is 0 Å². The molecule has 0 saturated carbocycles. The molecule has 2 heterocycles. The molecule has 0 N–H and O–H groups in total. The first-order valence-corrected chi connectivity index (χ1v) is 11.1. The number of fused-ring (bicyclic) bond motifs is 1. The Kier molecular flexibility index (Phi) is 6.50. The predicted octanol–water partition coefficient (Wildman–Crippen LogP) is 3.81. The van der Waals surface area contributed by atoms with E-state index in [1.807, 2.05) is 37.4 Å². The number of aromatic nitrogens is 3. The lowest BCUT2D eigenvalue weighted by Gasteiger charge is -2.29. The van der Waals surface area contributed by atoms with Gasteiger partial charge in [0.05, 0.1) is 12.7 Å². The molecule has 0 spiro atoms. The average Bonchev–Trinajstić information content (AvgIpc) is 3.16. The Balaban J connectivity index is 1.29. The number of esters is 1. The van der Waals surface area contributed by atoms with E-state index < -0.39 is 0 Å². The van der Waals surface area contributed by atoms with Gasteiger partial charge >= 0.3 is 5.97 Å². The Bertz CT molecular complexity index is 1020. The second-order valence-electron chi connectivity index (χ2n) is 7.43. The van der Waals surface area contributed by atoms with Crippen molar-refractivity contribution >= 4 is 17.7 Å². The highest BCUT2D eigenvalue weighted by Gasteiger charge is 2.18. The topological polar surface area (TPSA) is 60.2 Å². The highest BCUT2D eigenvalue weighted by Crippen LogP contribution is 2.24. The van der Waals surface area contributed by atoms with Gasteiger partial charge in [-0.05, 0) is 42.6 Å². The second-order valence-corrected chi connectivity index (χ2v) is 8.50. The molecule has 3 aromatic rings. The Labute approximate surface area is 181 Å². The summed E-state index contributed by atoms with van der Waals surface area (Å²) in [7, 11) is 3.44. The maximum atomic E-state index is 11.8. The molecule has 0 atom stereocenters. The van der Waals surface area contributed by atoms with E-state index in [2.05, 4.69) is 37.9 Å². The number of carbonyl (C=O) groups excluding carboxylic acids is 1. The van der Waals surface area contributed by atoms with Gasteiger partial charge < -0.3 is 9.30 Å². The summed E-state index contributed by atoms with van der Waals surface area (Å²) in [6.45, 7) is 2.96. The molecule has 0 unspecified atom stereocenters. The minimum atomic E-state index is -0.273. The van der Waals surface area contributed by atoms with E-state index in [0.29, 0.717) is 5.56 Å². The van der Waals surface area contributed by atoms with Crippen LogP contribution in [-0.4, -0.2) is 51.6 Å². The fraction of sp³-hybridized carbons (Fsp3) is 0.348. The van der Waals surface area contributed by atoms with E-state index in [1.54, 1.807) is 11.8 Å². The van der Waals surface area contributed by atoms with Crippen molar-refractivity contribution in [2.24, 2.45) is 7.05 Å². The van der Waals surface area contributed by atoms with Crippen LogP contribution in [0.15, 0.2) is 53.7 Å². The molecule has 0 amide bonds. The highest BCUT2D eigenvalue weighted by atomic mass is 32.2. The van der Waals surface area contributed by atoms with E-state index >= 15 is 0 Å². The van der Waals surface area contributed by atoms with Crippen molar-refractivity contribution in [3.05, 3.63) is 65.2 Å². The third-order valence-corrected chi connectivity index (χ3v) is 6.54. The molecule has 6 nitrogen and oxygen atoms in total. The molecule has 0 saturated heterocycles. The average molecular weight is 423 g/mol. The highest BCUT2D eigenvalue weighted by molar-refractivity contribution is 7.99. The summed E-state index contributed by atoms with van der Waals surface area (Å²) >= 11 is 1.75. The standard InChI is InChI=1S/C23H26N4O2S/c1-26-21(18-7-4-3-5-8-18)24-25-23(26)30-14-6-12-27-13-11-17-9-10-19(22(28)29-2)15-20(17)16-27/h3-5,7-10,15H,6,11-14,16H2,1-2H3. The minimum Gasteiger partial charge on any atom is -0.465 e. The van der Waals surface area contributed by atoms with Crippen LogP contribution in [0.25, 0.3) is 11.4 Å². The van der Waals surface area contributed by atoms with Crippen LogP contribution >= 0.6 is 11.8 Å². The fourth-order valence-corrected chi connectivity index (χ4v) is 4.62. The van der Waals surface area contributed by atoms with E-state index in [4.69, 9.17) is 4.74 Å². The van der Waals surface area contributed by atoms with Crippen LogP contribution in [-0.2, 0) is 24.8 Å². The first kappa shape index (κ1) is 20.6. The van der Waals surface area contributed by atoms with Gasteiger partial charge in [0.25, 0.3) is 0 Å². The van der Waals surface area contributed by atoms with Crippen molar-refractivity contribution in [1.82, 2.24) is 19.7 Å². The second kappa shape index (κ2) is 9.45. The van der Waals surface area contributed by atoms with Gasteiger partial charge in [-0.2, -0.15) is 0 Å². The maximum absolute atomic E-state index is 11.8. The van der Waals surface area contributed by atoms with Crippen LogP contribution in [0.2, 0.25) is 0 Å². The predicted molar refractivity (Wildman–Crippen MR) is 119 cm³/mol. The number of hydrogen-bond acceptors (Lipinski definition) is 6. The lowest BCUT2D eigenvalue weighted by Crippen LogP contribution is -2.31. The molecular weight excluding hydrogens is 396 g/mol. The van der Waals surface area contributed by atoms with Crippen LogP contribution in [0.4, 0.5) is 0 Å². The van der Waals surface area contributed by atoms with Crippen LogP contribution in [0.3, 0.4) is 0 Å². The number of thioether (sulfide) groups is 1. The van der Waals surface area contributed by atoms with Crippen molar-refractivity contribution in [3.63, 3.8) is 0 Å². The van der Waals surface area contributed by atoms with Crippen molar-refractivity contribution in [2.75, 3.05) is 26.0 Å². The molecule has 0 bridgehead atoms. The number of hydrogen-bond donors (Lipinski definition) is 0. The first-order chi connectivity index (χ1) is 14.7. The lowest BCUT2D eigenvalue weighted by atomic mass is 9.97. The van der Waals surface area contributed by atoms with E-state index in [1.165, 1.54) is 18.2 Å². The van der Waals surface area contributed by atoms with Gasteiger partial charge in [-0.3, -0.25) is 4.90 Å². The largest absolute Gasteiger partial charge is 0.465 e.